The maximum Gasteiger partial charge on any atom is 0.138 e. The molecule has 2 heterocycles. The van der Waals surface area contributed by atoms with Crippen LogP contribution in [-0.2, 0) is 17.8 Å². The number of hydrogen-bond acceptors (Lipinski definition) is 3. The van der Waals surface area contributed by atoms with Crippen LogP contribution in [0.3, 0.4) is 0 Å². The molecule has 3 nitrogen and oxygen atoms in total. The number of carbonyl (C=O) groups excluding carboxylic acids is 1. The Hall–Kier alpha value is -1.22. The third kappa shape index (κ3) is 2.61. The third-order valence-electron chi connectivity index (χ3n) is 4.17. The molecule has 1 aromatic rings. The molecule has 2 atom stereocenters. The second-order valence-electron chi connectivity index (χ2n) is 5.18. The van der Waals surface area contributed by atoms with Crippen LogP contribution in [0.1, 0.15) is 38.4 Å². The molecule has 2 unspecified atom stereocenters. The summed E-state index contributed by atoms with van der Waals surface area (Å²) in [5.74, 6) is 0.544. The molecule has 1 fully saturated rings. The number of hydrogen-bond donors (Lipinski definition) is 0. The Balaban J connectivity index is 2.11. The molecule has 0 amide bonds. The summed E-state index contributed by atoms with van der Waals surface area (Å²) in [7, 11) is 0. The van der Waals surface area contributed by atoms with Crippen LogP contribution in [0.4, 0.5) is 0 Å². The van der Waals surface area contributed by atoms with Crippen LogP contribution in [0, 0.1) is 5.92 Å². The molecule has 0 spiro atoms. The van der Waals surface area contributed by atoms with Crippen molar-refractivity contribution in [1.29, 1.82) is 0 Å². The van der Waals surface area contributed by atoms with Crippen molar-refractivity contribution in [3.63, 3.8) is 0 Å². The van der Waals surface area contributed by atoms with E-state index in [2.05, 4.69) is 29.8 Å². The van der Waals surface area contributed by atoms with Gasteiger partial charge in [-0.1, -0.05) is 19.9 Å². The number of aryl methyl sites for hydroxylation is 1. The van der Waals surface area contributed by atoms with E-state index in [1.807, 2.05) is 19.2 Å². The molecular formula is C15H22N2O. The molecule has 0 N–H and O–H groups in total. The first-order chi connectivity index (χ1) is 8.63. The number of Topliss-reactive ketones (excluding diaryl/α,β-unsaturated/α-hetero) is 1. The number of likely N-dealkylation sites (tertiary alicyclic amines) is 1. The fourth-order valence-corrected chi connectivity index (χ4v) is 2.62. The quantitative estimate of drug-likeness (QED) is 0.821. The second kappa shape index (κ2) is 5.61. The average molecular weight is 246 g/mol. The molecule has 0 aliphatic carbocycles. The maximum absolute atomic E-state index is 11.7. The van der Waals surface area contributed by atoms with Crippen molar-refractivity contribution < 1.29 is 4.79 Å². The highest BCUT2D eigenvalue weighted by molar-refractivity contribution is 5.82. The SMILES string of the molecule is CCc1cccnc1CN1CCC(=O)C(C)C1C. The Labute approximate surface area is 109 Å². The number of aromatic nitrogens is 1. The number of carbonyl (C=O) groups is 1. The minimum absolute atomic E-state index is 0.146. The normalized spacial score (nSPS) is 25.4. The summed E-state index contributed by atoms with van der Waals surface area (Å²) in [6.45, 7) is 8.08. The zero-order chi connectivity index (χ0) is 13.1. The highest BCUT2D eigenvalue weighted by Gasteiger charge is 2.30. The summed E-state index contributed by atoms with van der Waals surface area (Å²) in [6, 6.07) is 4.46. The minimum atomic E-state index is 0.146. The number of nitrogens with zero attached hydrogens (tertiary/aromatic N) is 2. The number of rotatable bonds is 3. The molecule has 0 saturated carbocycles. The summed E-state index contributed by atoms with van der Waals surface area (Å²) in [5.41, 5.74) is 2.47. The van der Waals surface area contributed by atoms with Gasteiger partial charge in [-0.25, -0.2) is 0 Å². The van der Waals surface area contributed by atoms with E-state index in [1.165, 1.54) is 5.56 Å². The minimum Gasteiger partial charge on any atom is -0.299 e. The van der Waals surface area contributed by atoms with Gasteiger partial charge in [0.15, 0.2) is 0 Å². The standard InChI is InChI=1S/C15H22N2O/c1-4-13-6-5-8-16-14(13)10-17-9-7-15(18)11(2)12(17)3/h5-6,8,11-12H,4,7,9-10H2,1-3H3. The molecule has 0 bridgehead atoms. The maximum atomic E-state index is 11.7. The van der Waals surface area contributed by atoms with Gasteiger partial charge in [-0.15, -0.1) is 0 Å². The van der Waals surface area contributed by atoms with Crippen LogP contribution in [0.15, 0.2) is 18.3 Å². The van der Waals surface area contributed by atoms with E-state index >= 15 is 0 Å². The van der Waals surface area contributed by atoms with Gasteiger partial charge in [0.05, 0.1) is 5.69 Å². The Morgan fingerprint density at radius 3 is 2.94 bits per heavy atom. The predicted molar refractivity (Wildman–Crippen MR) is 72.3 cm³/mol. The molecular weight excluding hydrogens is 224 g/mol. The lowest BCUT2D eigenvalue weighted by molar-refractivity contribution is -0.128. The summed E-state index contributed by atoms with van der Waals surface area (Å²) < 4.78 is 0. The van der Waals surface area contributed by atoms with E-state index in [1.54, 1.807) is 0 Å². The Kier molecular flexibility index (Phi) is 4.12. The topological polar surface area (TPSA) is 33.2 Å². The molecule has 98 valence electrons. The van der Waals surface area contributed by atoms with Gasteiger partial charge in [0.2, 0.25) is 0 Å². The highest BCUT2D eigenvalue weighted by atomic mass is 16.1. The molecule has 0 aromatic carbocycles. The second-order valence-corrected chi connectivity index (χ2v) is 5.18. The zero-order valence-electron chi connectivity index (χ0n) is 11.5. The summed E-state index contributed by atoms with van der Waals surface area (Å²) >= 11 is 0. The predicted octanol–water partition coefficient (Wildman–Crippen LogP) is 2.44. The molecule has 1 aliphatic rings. The van der Waals surface area contributed by atoms with Gasteiger partial charge in [-0.05, 0) is 25.0 Å². The first kappa shape index (κ1) is 13.2. The summed E-state index contributed by atoms with van der Waals surface area (Å²) in [5, 5.41) is 0. The van der Waals surface area contributed by atoms with Gasteiger partial charge in [-0.2, -0.15) is 0 Å². The Morgan fingerprint density at radius 2 is 2.22 bits per heavy atom. The van der Waals surface area contributed by atoms with Gasteiger partial charge >= 0.3 is 0 Å². The first-order valence-corrected chi connectivity index (χ1v) is 6.83. The van der Waals surface area contributed by atoms with Crippen molar-refractivity contribution in [2.75, 3.05) is 6.54 Å². The van der Waals surface area contributed by atoms with E-state index in [-0.39, 0.29) is 5.92 Å². The van der Waals surface area contributed by atoms with Crippen molar-refractivity contribution in [2.24, 2.45) is 5.92 Å². The lowest BCUT2D eigenvalue weighted by Crippen LogP contribution is -2.46. The van der Waals surface area contributed by atoms with E-state index in [4.69, 9.17) is 0 Å². The lowest BCUT2D eigenvalue weighted by atomic mass is 9.90. The van der Waals surface area contributed by atoms with Gasteiger partial charge in [0.1, 0.15) is 5.78 Å². The zero-order valence-corrected chi connectivity index (χ0v) is 11.5. The first-order valence-electron chi connectivity index (χ1n) is 6.83. The van der Waals surface area contributed by atoms with Crippen LogP contribution in [0.25, 0.3) is 0 Å². The smallest absolute Gasteiger partial charge is 0.138 e. The molecule has 3 heteroatoms. The summed E-state index contributed by atoms with van der Waals surface area (Å²) in [4.78, 5) is 18.6. The van der Waals surface area contributed by atoms with Crippen molar-refractivity contribution in [2.45, 2.75) is 46.2 Å². The summed E-state index contributed by atoms with van der Waals surface area (Å²) in [6.07, 6.45) is 3.55. The van der Waals surface area contributed by atoms with E-state index in [0.29, 0.717) is 18.2 Å². The van der Waals surface area contributed by atoms with E-state index < -0.39 is 0 Å². The molecule has 1 aliphatic heterocycles. The van der Waals surface area contributed by atoms with E-state index in [9.17, 15) is 4.79 Å². The van der Waals surface area contributed by atoms with Gasteiger partial charge in [0.25, 0.3) is 0 Å². The van der Waals surface area contributed by atoms with Crippen molar-refractivity contribution in [1.82, 2.24) is 9.88 Å². The van der Waals surface area contributed by atoms with Crippen LogP contribution < -0.4 is 0 Å². The van der Waals surface area contributed by atoms with Crippen LogP contribution >= 0.6 is 0 Å². The largest absolute Gasteiger partial charge is 0.299 e. The van der Waals surface area contributed by atoms with Crippen LogP contribution in [-0.4, -0.2) is 28.3 Å². The van der Waals surface area contributed by atoms with Crippen LogP contribution in [0.5, 0.6) is 0 Å². The molecule has 0 radical (unpaired) electrons. The van der Waals surface area contributed by atoms with E-state index in [0.717, 1.165) is 25.2 Å². The fraction of sp³-hybridized carbons (Fsp3) is 0.600. The van der Waals surface area contributed by atoms with Gasteiger partial charge in [0, 0.05) is 37.7 Å². The molecule has 2 rings (SSSR count). The molecule has 1 saturated heterocycles. The van der Waals surface area contributed by atoms with Crippen molar-refractivity contribution in [3.05, 3.63) is 29.6 Å². The highest BCUT2D eigenvalue weighted by Crippen LogP contribution is 2.22. The molecule has 18 heavy (non-hydrogen) atoms. The van der Waals surface area contributed by atoms with Gasteiger partial charge in [-0.3, -0.25) is 14.7 Å². The van der Waals surface area contributed by atoms with Crippen LogP contribution in [0.2, 0.25) is 0 Å². The van der Waals surface area contributed by atoms with Crippen molar-refractivity contribution >= 4 is 5.78 Å². The van der Waals surface area contributed by atoms with Crippen molar-refractivity contribution in [3.8, 4) is 0 Å². The molecule has 1 aromatic heterocycles. The Morgan fingerprint density at radius 1 is 1.44 bits per heavy atom. The van der Waals surface area contributed by atoms with Gasteiger partial charge < -0.3 is 0 Å². The average Bonchev–Trinajstić information content (AvgIpc) is 2.40. The number of piperidine rings is 1. The number of pyridine rings is 1. The monoisotopic (exact) mass is 246 g/mol. The third-order valence-corrected chi connectivity index (χ3v) is 4.17. The Bertz CT molecular complexity index is 430. The fourth-order valence-electron chi connectivity index (χ4n) is 2.62. The number of ketones is 1. The lowest BCUT2D eigenvalue weighted by Gasteiger charge is -2.36.